The summed E-state index contributed by atoms with van der Waals surface area (Å²) in [4.78, 5) is 11.6. The Balaban J connectivity index is 2.61. The molecule has 0 aromatic heterocycles. The van der Waals surface area contributed by atoms with Crippen LogP contribution in [0.15, 0.2) is 36.9 Å². The van der Waals surface area contributed by atoms with Crippen LogP contribution in [-0.2, 0) is 0 Å². The number of carbonyl (C=O) groups excluding carboxylic acids is 1. The van der Waals surface area contributed by atoms with Crippen LogP contribution in [0.1, 0.15) is 30.6 Å². The lowest BCUT2D eigenvalue weighted by molar-refractivity contribution is 0.0958. The standard InChI is InChI=1S/C14H19NO2/c1-4-10-15-14(16)12-6-8-13(9-7-12)17-11(3)5-2/h4,6-9,11H,1,5,10H2,2-3H3,(H,15,16)/t11-/m1/s1. The molecule has 0 heterocycles. The number of amides is 1. The molecule has 0 aliphatic carbocycles. The molecule has 0 bridgehead atoms. The first-order chi connectivity index (χ1) is 8.17. The van der Waals surface area contributed by atoms with Gasteiger partial charge in [0.05, 0.1) is 6.10 Å². The van der Waals surface area contributed by atoms with E-state index >= 15 is 0 Å². The second-order valence-corrected chi connectivity index (χ2v) is 3.86. The van der Waals surface area contributed by atoms with Crippen molar-refractivity contribution in [3.05, 3.63) is 42.5 Å². The molecule has 92 valence electrons. The van der Waals surface area contributed by atoms with Gasteiger partial charge in [0.25, 0.3) is 5.91 Å². The van der Waals surface area contributed by atoms with Gasteiger partial charge in [-0.25, -0.2) is 0 Å². The predicted octanol–water partition coefficient (Wildman–Crippen LogP) is 2.78. The van der Waals surface area contributed by atoms with Gasteiger partial charge in [0.2, 0.25) is 0 Å². The van der Waals surface area contributed by atoms with Gasteiger partial charge in [0.1, 0.15) is 5.75 Å². The Hall–Kier alpha value is -1.77. The first-order valence-electron chi connectivity index (χ1n) is 5.83. The second kappa shape index (κ2) is 6.74. The first kappa shape index (κ1) is 13.3. The van der Waals surface area contributed by atoms with Gasteiger partial charge in [0.15, 0.2) is 0 Å². The van der Waals surface area contributed by atoms with Gasteiger partial charge in [-0.2, -0.15) is 0 Å². The summed E-state index contributed by atoms with van der Waals surface area (Å²) in [7, 11) is 0. The molecule has 1 amide bonds. The van der Waals surface area contributed by atoms with Gasteiger partial charge in [-0.3, -0.25) is 4.79 Å². The van der Waals surface area contributed by atoms with Crippen LogP contribution in [0, 0.1) is 0 Å². The summed E-state index contributed by atoms with van der Waals surface area (Å²) in [6.07, 6.45) is 2.80. The molecule has 0 aliphatic heterocycles. The summed E-state index contributed by atoms with van der Waals surface area (Å²) in [6.45, 7) is 8.11. The number of rotatable bonds is 6. The summed E-state index contributed by atoms with van der Waals surface area (Å²) >= 11 is 0. The maximum Gasteiger partial charge on any atom is 0.251 e. The maximum atomic E-state index is 11.6. The van der Waals surface area contributed by atoms with E-state index in [1.54, 1.807) is 18.2 Å². The van der Waals surface area contributed by atoms with Gasteiger partial charge >= 0.3 is 0 Å². The van der Waals surface area contributed by atoms with Gasteiger partial charge in [-0.15, -0.1) is 6.58 Å². The number of hydrogen-bond acceptors (Lipinski definition) is 2. The predicted molar refractivity (Wildman–Crippen MR) is 69.4 cm³/mol. The van der Waals surface area contributed by atoms with E-state index in [0.717, 1.165) is 12.2 Å². The quantitative estimate of drug-likeness (QED) is 0.767. The largest absolute Gasteiger partial charge is 0.491 e. The third-order valence-corrected chi connectivity index (χ3v) is 2.44. The number of carbonyl (C=O) groups is 1. The zero-order valence-corrected chi connectivity index (χ0v) is 10.4. The number of hydrogen-bond donors (Lipinski definition) is 1. The average Bonchev–Trinajstić information content (AvgIpc) is 2.36. The average molecular weight is 233 g/mol. The van der Waals surface area contributed by atoms with E-state index in [-0.39, 0.29) is 12.0 Å². The van der Waals surface area contributed by atoms with Crippen molar-refractivity contribution in [1.82, 2.24) is 5.32 Å². The van der Waals surface area contributed by atoms with Crippen molar-refractivity contribution in [3.63, 3.8) is 0 Å². The lowest BCUT2D eigenvalue weighted by atomic mass is 10.2. The zero-order chi connectivity index (χ0) is 12.7. The molecule has 3 heteroatoms. The van der Waals surface area contributed by atoms with Gasteiger partial charge in [0, 0.05) is 12.1 Å². The lowest BCUT2D eigenvalue weighted by Crippen LogP contribution is -2.23. The van der Waals surface area contributed by atoms with Crippen molar-refractivity contribution < 1.29 is 9.53 Å². The number of ether oxygens (including phenoxy) is 1. The van der Waals surface area contributed by atoms with Crippen molar-refractivity contribution in [2.24, 2.45) is 0 Å². The first-order valence-corrected chi connectivity index (χ1v) is 5.83. The van der Waals surface area contributed by atoms with Crippen LogP contribution >= 0.6 is 0 Å². The third kappa shape index (κ3) is 4.31. The summed E-state index contributed by atoms with van der Waals surface area (Å²) in [5, 5.41) is 2.72. The Morgan fingerprint density at radius 3 is 2.65 bits per heavy atom. The van der Waals surface area contributed by atoms with Crippen LogP contribution in [0.4, 0.5) is 0 Å². The molecule has 1 atom stereocenters. The molecule has 0 unspecified atom stereocenters. The van der Waals surface area contributed by atoms with Crippen LogP contribution in [-0.4, -0.2) is 18.6 Å². The molecule has 0 radical (unpaired) electrons. The minimum Gasteiger partial charge on any atom is -0.491 e. The Labute approximate surface area is 102 Å². The van der Waals surface area contributed by atoms with E-state index in [1.807, 2.05) is 19.1 Å². The second-order valence-electron chi connectivity index (χ2n) is 3.86. The molecule has 3 nitrogen and oxygen atoms in total. The van der Waals surface area contributed by atoms with Crippen LogP contribution < -0.4 is 10.1 Å². The van der Waals surface area contributed by atoms with Gasteiger partial charge < -0.3 is 10.1 Å². The fraction of sp³-hybridized carbons (Fsp3) is 0.357. The SMILES string of the molecule is C=CCNC(=O)c1ccc(O[C@H](C)CC)cc1. The molecule has 1 aromatic rings. The Kier molecular flexibility index (Phi) is 5.27. The molecule has 0 fully saturated rings. The molecule has 0 saturated carbocycles. The zero-order valence-electron chi connectivity index (χ0n) is 10.4. The van der Waals surface area contributed by atoms with Crippen LogP contribution in [0.2, 0.25) is 0 Å². The topological polar surface area (TPSA) is 38.3 Å². The van der Waals surface area contributed by atoms with E-state index < -0.39 is 0 Å². The fourth-order valence-corrected chi connectivity index (χ4v) is 1.27. The lowest BCUT2D eigenvalue weighted by Gasteiger charge is -2.12. The van der Waals surface area contributed by atoms with Crippen molar-refractivity contribution in [2.45, 2.75) is 26.4 Å². The van der Waals surface area contributed by atoms with E-state index in [9.17, 15) is 4.79 Å². The molecule has 1 N–H and O–H groups in total. The fourth-order valence-electron chi connectivity index (χ4n) is 1.27. The summed E-state index contributed by atoms with van der Waals surface area (Å²) in [6, 6.07) is 7.15. The number of benzene rings is 1. The van der Waals surface area contributed by atoms with Crippen LogP contribution in [0.5, 0.6) is 5.75 Å². The molecule has 17 heavy (non-hydrogen) atoms. The van der Waals surface area contributed by atoms with Crippen molar-refractivity contribution >= 4 is 5.91 Å². The Morgan fingerprint density at radius 1 is 1.47 bits per heavy atom. The van der Waals surface area contributed by atoms with Crippen molar-refractivity contribution in [1.29, 1.82) is 0 Å². The van der Waals surface area contributed by atoms with E-state index in [1.165, 1.54) is 0 Å². The molecule has 0 aliphatic rings. The van der Waals surface area contributed by atoms with Crippen LogP contribution in [0.25, 0.3) is 0 Å². The minimum atomic E-state index is -0.0972. The highest BCUT2D eigenvalue weighted by atomic mass is 16.5. The smallest absolute Gasteiger partial charge is 0.251 e. The summed E-state index contributed by atoms with van der Waals surface area (Å²) < 4.78 is 5.63. The number of nitrogens with one attached hydrogen (secondary N) is 1. The van der Waals surface area contributed by atoms with Crippen LogP contribution in [0.3, 0.4) is 0 Å². The molecule has 1 rings (SSSR count). The highest BCUT2D eigenvalue weighted by molar-refractivity contribution is 5.94. The molecular formula is C14H19NO2. The maximum absolute atomic E-state index is 11.6. The molecule has 0 spiro atoms. The monoisotopic (exact) mass is 233 g/mol. The Bertz CT molecular complexity index is 370. The van der Waals surface area contributed by atoms with Gasteiger partial charge in [-0.1, -0.05) is 13.0 Å². The van der Waals surface area contributed by atoms with E-state index in [4.69, 9.17) is 4.74 Å². The molecule has 0 saturated heterocycles. The van der Waals surface area contributed by atoms with E-state index in [2.05, 4.69) is 18.8 Å². The molecule has 1 aromatic carbocycles. The van der Waals surface area contributed by atoms with Crippen molar-refractivity contribution in [2.75, 3.05) is 6.54 Å². The normalized spacial score (nSPS) is 11.6. The van der Waals surface area contributed by atoms with E-state index in [0.29, 0.717) is 12.1 Å². The highest BCUT2D eigenvalue weighted by Gasteiger charge is 2.05. The Morgan fingerprint density at radius 2 is 2.12 bits per heavy atom. The van der Waals surface area contributed by atoms with Crippen molar-refractivity contribution in [3.8, 4) is 5.75 Å². The highest BCUT2D eigenvalue weighted by Crippen LogP contribution is 2.14. The van der Waals surface area contributed by atoms with Gasteiger partial charge in [-0.05, 0) is 37.6 Å². The minimum absolute atomic E-state index is 0.0972. The molecular weight excluding hydrogens is 214 g/mol. The third-order valence-electron chi connectivity index (χ3n) is 2.44. The summed E-state index contributed by atoms with van der Waals surface area (Å²) in [5.74, 6) is 0.694. The summed E-state index contributed by atoms with van der Waals surface area (Å²) in [5.41, 5.74) is 0.628.